The summed E-state index contributed by atoms with van der Waals surface area (Å²) in [5, 5.41) is 0. The van der Waals surface area contributed by atoms with Crippen LogP contribution in [0.3, 0.4) is 0 Å². The van der Waals surface area contributed by atoms with Crippen molar-refractivity contribution in [2.24, 2.45) is 7.05 Å². The zero-order valence-electron chi connectivity index (χ0n) is 19.4. The summed E-state index contributed by atoms with van der Waals surface area (Å²) in [7, 11) is -1.65. The molecule has 1 aliphatic rings. The predicted molar refractivity (Wildman–Crippen MR) is 127 cm³/mol. The van der Waals surface area contributed by atoms with Gasteiger partial charge in [0.05, 0.1) is 28.2 Å². The minimum Gasteiger partial charge on any atom is -0.334 e. The largest absolute Gasteiger partial charge is 0.334 e. The lowest BCUT2D eigenvalue weighted by atomic mass is 10.2. The van der Waals surface area contributed by atoms with Gasteiger partial charge in [-0.15, -0.1) is 0 Å². The summed E-state index contributed by atoms with van der Waals surface area (Å²) >= 11 is 0. The molecule has 2 aromatic heterocycles. The minimum atomic E-state index is -3.55. The molecular weight excluding hydrogens is 438 g/mol. The highest BCUT2D eigenvalue weighted by Gasteiger charge is 2.32. The number of rotatable bonds is 10. The van der Waals surface area contributed by atoms with E-state index < -0.39 is 10.0 Å². The highest BCUT2D eigenvalue weighted by Crippen LogP contribution is 2.29. The first-order valence-corrected chi connectivity index (χ1v) is 12.9. The molecule has 8 nitrogen and oxygen atoms in total. The molecule has 0 unspecified atom stereocenters. The molecule has 0 N–H and O–H groups in total. The summed E-state index contributed by atoms with van der Waals surface area (Å²) in [6, 6.07) is 11.1. The Morgan fingerprint density at radius 1 is 1.15 bits per heavy atom. The molecule has 1 aromatic carbocycles. The number of hydrogen-bond acceptors (Lipinski definition) is 5. The van der Waals surface area contributed by atoms with Crippen LogP contribution in [-0.4, -0.2) is 57.2 Å². The second kappa shape index (κ2) is 9.61. The number of imidazole rings is 1. The van der Waals surface area contributed by atoms with Crippen LogP contribution in [0.5, 0.6) is 0 Å². The summed E-state index contributed by atoms with van der Waals surface area (Å²) in [4.78, 5) is 24.2. The fourth-order valence-electron chi connectivity index (χ4n) is 4.16. The summed E-state index contributed by atoms with van der Waals surface area (Å²) in [5.74, 6) is 0.865. The van der Waals surface area contributed by atoms with E-state index in [1.165, 1.54) is 4.31 Å². The maximum atomic E-state index is 13.0. The van der Waals surface area contributed by atoms with Crippen LogP contribution in [0.1, 0.15) is 44.6 Å². The number of carbonyl (C=O) groups is 1. The summed E-state index contributed by atoms with van der Waals surface area (Å²) in [5.41, 5.74) is 2.37. The molecule has 0 bridgehead atoms. The quantitative estimate of drug-likeness (QED) is 0.455. The fraction of sp³-hybridized carbons (Fsp3) is 0.458. The third-order valence-electron chi connectivity index (χ3n) is 6.22. The van der Waals surface area contributed by atoms with Crippen LogP contribution in [0.4, 0.5) is 0 Å². The lowest BCUT2D eigenvalue weighted by molar-refractivity contribution is -0.132. The van der Waals surface area contributed by atoms with Crippen LogP contribution in [0.2, 0.25) is 0 Å². The van der Waals surface area contributed by atoms with Gasteiger partial charge in [-0.3, -0.25) is 9.78 Å². The van der Waals surface area contributed by atoms with E-state index in [1.54, 1.807) is 24.4 Å². The lowest BCUT2D eigenvalue weighted by Crippen LogP contribution is -2.33. The molecular formula is C24H31N5O3S. The smallest absolute Gasteiger partial charge is 0.243 e. The van der Waals surface area contributed by atoms with E-state index in [1.807, 2.05) is 48.6 Å². The normalized spacial score (nSPS) is 14.2. The highest BCUT2D eigenvalue weighted by atomic mass is 32.2. The molecule has 0 saturated heterocycles. The Kier molecular flexibility index (Phi) is 6.81. The first-order valence-electron chi connectivity index (χ1n) is 11.5. The van der Waals surface area contributed by atoms with Crippen LogP contribution in [-0.2, 0) is 34.8 Å². The van der Waals surface area contributed by atoms with Crippen molar-refractivity contribution in [1.82, 2.24) is 23.7 Å². The molecule has 2 heterocycles. The topological polar surface area (TPSA) is 88.4 Å². The summed E-state index contributed by atoms with van der Waals surface area (Å²) < 4.78 is 29.1. The number of carbonyl (C=O) groups excluding carboxylic acids is 1. The molecule has 0 radical (unpaired) electrons. The van der Waals surface area contributed by atoms with E-state index in [0.29, 0.717) is 44.0 Å². The van der Waals surface area contributed by atoms with Gasteiger partial charge in [0.25, 0.3) is 0 Å². The van der Waals surface area contributed by atoms with Gasteiger partial charge in [-0.05, 0) is 43.2 Å². The van der Waals surface area contributed by atoms with Gasteiger partial charge >= 0.3 is 0 Å². The predicted octanol–water partition coefficient (Wildman–Crippen LogP) is 3.12. The van der Waals surface area contributed by atoms with Gasteiger partial charge in [-0.25, -0.2) is 13.4 Å². The van der Waals surface area contributed by atoms with Crippen molar-refractivity contribution in [2.75, 3.05) is 13.1 Å². The van der Waals surface area contributed by atoms with Crippen molar-refractivity contribution in [3.05, 3.63) is 54.1 Å². The fourth-order valence-corrected chi connectivity index (χ4v) is 5.64. The molecule has 1 aliphatic carbocycles. The van der Waals surface area contributed by atoms with Crippen LogP contribution in [0.15, 0.2) is 47.5 Å². The zero-order chi connectivity index (χ0) is 23.6. The van der Waals surface area contributed by atoms with Gasteiger partial charge in [0.15, 0.2) is 0 Å². The van der Waals surface area contributed by atoms with E-state index in [-0.39, 0.29) is 10.8 Å². The van der Waals surface area contributed by atoms with Gasteiger partial charge in [-0.1, -0.05) is 19.9 Å². The number of nitrogens with zero attached hydrogens (tertiary/aromatic N) is 5. The zero-order valence-corrected chi connectivity index (χ0v) is 20.3. The van der Waals surface area contributed by atoms with Gasteiger partial charge in [-0.2, -0.15) is 4.31 Å². The van der Waals surface area contributed by atoms with Crippen molar-refractivity contribution in [1.29, 1.82) is 0 Å². The molecule has 1 amide bonds. The Bertz CT molecular complexity index is 1230. The number of amides is 1. The second-order valence-electron chi connectivity index (χ2n) is 8.40. The van der Waals surface area contributed by atoms with Crippen LogP contribution in [0.25, 0.3) is 11.0 Å². The Hall–Kier alpha value is -2.78. The van der Waals surface area contributed by atoms with Crippen molar-refractivity contribution < 1.29 is 13.2 Å². The third-order valence-corrected chi connectivity index (χ3v) is 8.26. The van der Waals surface area contributed by atoms with Crippen molar-refractivity contribution in [3.63, 3.8) is 0 Å². The van der Waals surface area contributed by atoms with Gasteiger partial charge in [0.2, 0.25) is 15.9 Å². The standard InChI is InChI=1S/C24H31N5O3S/c1-4-28(5-2)33(31,32)20-11-12-22-21(16-20)26-23(27(22)3)13-14-24(30)29(19-9-10-19)17-18-8-6-7-15-25-18/h6-8,11-12,15-16,19H,4-5,9-10,13-14,17H2,1-3H3. The molecule has 9 heteroatoms. The first kappa shape index (κ1) is 23.4. The molecule has 0 spiro atoms. The Balaban J connectivity index is 1.50. The van der Waals surface area contributed by atoms with Crippen molar-refractivity contribution >= 4 is 27.0 Å². The number of aromatic nitrogens is 3. The number of pyridine rings is 1. The minimum absolute atomic E-state index is 0.0972. The molecule has 3 aromatic rings. The highest BCUT2D eigenvalue weighted by molar-refractivity contribution is 7.89. The van der Waals surface area contributed by atoms with Crippen molar-refractivity contribution in [3.8, 4) is 0 Å². The number of fused-ring (bicyclic) bond motifs is 1. The van der Waals surface area contributed by atoms with Crippen LogP contribution >= 0.6 is 0 Å². The van der Waals surface area contributed by atoms with E-state index >= 15 is 0 Å². The molecule has 1 saturated carbocycles. The van der Waals surface area contributed by atoms with Gasteiger partial charge in [0, 0.05) is 45.2 Å². The molecule has 1 fully saturated rings. The number of aryl methyl sites for hydroxylation is 2. The maximum Gasteiger partial charge on any atom is 0.243 e. The number of sulfonamides is 1. The number of benzene rings is 1. The van der Waals surface area contributed by atoms with E-state index in [9.17, 15) is 13.2 Å². The number of hydrogen-bond donors (Lipinski definition) is 0. The molecule has 0 aliphatic heterocycles. The van der Waals surface area contributed by atoms with Crippen LogP contribution in [0, 0.1) is 0 Å². The average Bonchev–Trinajstić information content (AvgIpc) is 3.61. The van der Waals surface area contributed by atoms with E-state index in [0.717, 1.165) is 29.9 Å². The van der Waals surface area contributed by atoms with E-state index in [2.05, 4.69) is 9.97 Å². The molecule has 0 atom stereocenters. The Morgan fingerprint density at radius 3 is 2.55 bits per heavy atom. The molecule has 176 valence electrons. The second-order valence-corrected chi connectivity index (χ2v) is 10.3. The van der Waals surface area contributed by atoms with E-state index in [4.69, 9.17) is 0 Å². The van der Waals surface area contributed by atoms with Gasteiger partial charge in [0.1, 0.15) is 5.82 Å². The molecule has 33 heavy (non-hydrogen) atoms. The third kappa shape index (κ3) is 4.94. The first-order chi connectivity index (χ1) is 15.8. The lowest BCUT2D eigenvalue weighted by Gasteiger charge is -2.22. The van der Waals surface area contributed by atoms with Crippen LogP contribution < -0.4 is 0 Å². The average molecular weight is 470 g/mol. The maximum absolute atomic E-state index is 13.0. The summed E-state index contributed by atoms with van der Waals surface area (Å²) in [6.45, 7) is 5.02. The van der Waals surface area contributed by atoms with Crippen molar-refractivity contribution in [2.45, 2.75) is 57.0 Å². The van der Waals surface area contributed by atoms with Gasteiger partial charge < -0.3 is 9.47 Å². The Morgan fingerprint density at radius 2 is 1.91 bits per heavy atom. The SMILES string of the molecule is CCN(CC)S(=O)(=O)c1ccc2c(c1)nc(CCC(=O)N(Cc1ccccn1)C1CC1)n2C. The molecule has 4 rings (SSSR count). The monoisotopic (exact) mass is 469 g/mol. The Labute approximate surface area is 195 Å². The summed E-state index contributed by atoms with van der Waals surface area (Å²) in [6.07, 6.45) is 4.67.